The van der Waals surface area contributed by atoms with Gasteiger partial charge in [0.2, 0.25) is 5.91 Å². The van der Waals surface area contributed by atoms with Crippen LogP contribution in [-0.2, 0) is 4.79 Å². The van der Waals surface area contributed by atoms with Gasteiger partial charge in [-0.15, -0.1) is 0 Å². The summed E-state index contributed by atoms with van der Waals surface area (Å²) >= 11 is 0. The highest BCUT2D eigenvalue weighted by atomic mass is 16.2. The van der Waals surface area contributed by atoms with Crippen LogP contribution in [0.1, 0.15) is 59.8 Å². The first-order chi connectivity index (χ1) is 8.52. The quantitative estimate of drug-likeness (QED) is 0.788. The summed E-state index contributed by atoms with van der Waals surface area (Å²) in [7, 11) is 0. The molecule has 1 N–H and O–H groups in total. The van der Waals surface area contributed by atoms with E-state index in [1.54, 1.807) is 0 Å². The van der Waals surface area contributed by atoms with Crippen LogP contribution in [-0.4, -0.2) is 29.1 Å². The summed E-state index contributed by atoms with van der Waals surface area (Å²) in [6.07, 6.45) is 6.16. The SMILES string of the molecule is CCC1NC(CC(C)C)C(=O)N1C(C)CC1CC1. The summed E-state index contributed by atoms with van der Waals surface area (Å²) in [5.41, 5.74) is 0. The minimum Gasteiger partial charge on any atom is -0.323 e. The van der Waals surface area contributed by atoms with E-state index in [0.29, 0.717) is 17.9 Å². The van der Waals surface area contributed by atoms with Gasteiger partial charge in [0, 0.05) is 6.04 Å². The lowest BCUT2D eigenvalue weighted by Crippen LogP contribution is -2.43. The van der Waals surface area contributed by atoms with Crippen LogP contribution >= 0.6 is 0 Å². The largest absolute Gasteiger partial charge is 0.323 e. The van der Waals surface area contributed by atoms with Crippen molar-refractivity contribution >= 4 is 5.91 Å². The fraction of sp³-hybridized carbons (Fsp3) is 0.933. The maximum Gasteiger partial charge on any atom is 0.241 e. The second-order valence-electron chi connectivity index (χ2n) is 6.55. The molecule has 0 aromatic heterocycles. The molecule has 3 atom stereocenters. The van der Waals surface area contributed by atoms with Gasteiger partial charge in [-0.2, -0.15) is 0 Å². The van der Waals surface area contributed by atoms with Crippen LogP contribution in [0.4, 0.5) is 0 Å². The maximum atomic E-state index is 12.5. The van der Waals surface area contributed by atoms with E-state index in [4.69, 9.17) is 0 Å². The normalized spacial score (nSPS) is 30.3. The lowest BCUT2D eigenvalue weighted by Gasteiger charge is -2.30. The van der Waals surface area contributed by atoms with Crippen molar-refractivity contribution in [1.82, 2.24) is 10.2 Å². The average molecular weight is 252 g/mol. The Kier molecular flexibility index (Phi) is 4.31. The van der Waals surface area contributed by atoms with Crippen molar-refractivity contribution in [1.29, 1.82) is 0 Å². The van der Waals surface area contributed by atoms with E-state index in [1.807, 2.05) is 0 Å². The fourth-order valence-electron chi connectivity index (χ4n) is 3.15. The number of nitrogens with zero attached hydrogens (tertiary/aromatic N) is 1. The molecule has 0 bridgehead atoms. The number of nitrogens with one attached hydrogen (secondary N) is 1. The fourth-order valence-corrected chi connectivity index (χ4v) is 3.15. The number of hydrogen-bond acceptors (Lipinski definition) is 2. The lowest BCUT2D eigenvalue weighted by atomic mass is 10.0. The minimum absolute atomic E-state index is 0.0524. The van der Waals surface area contributed by atoms with Gasteiger partial charge in [-0.05, 0) is 38.0 Å². The van der Waals surface area contributed by atoms with Crippen molar-refractivity contribution in [2.45, 2.75) is 78.0 Å². The van der Waals surface area contributed by atoms with E-state index in [2.05, 4.69) is 37.9 Å². The molecule has 3 heteroatoms. The lowest BCUT2D eigenvalue weighted by molar-refractivity contribution is -0.132. The summed E-state index contributed by atoms with van der Waals surface area (Å²) in [5, 5.41) is 3.52. The Morgan fingerprint density at radius 1 is 1.28 bits per heavy atom. The Bertz CT molecular complexity index is 299. The molecule has 1 saturated heterocycles. The Labute approximate surface area is 111 Å². The van der Waals surface area contributed by atoms with E-state index < -0.39 is 0 Å². The third-order valence-electron chi connectivity index (χ3n) is 4.22. The summed E-state index contributed by atoms with van der Waals surface area (Å²) in [4.78, 5) is 14.6. The maximum absolute atomic E-state index is 12.5. The van der Waals surface area contributed by atoms with Crippen LogP contribution in [0.25, 0.3) is 0 Å². The van der Waals surface area contributed by atoms with Gasteiger partial charge in [-0.3, -0.25) is 10.1 Å². The highest BCUT2D eigenvalue weighted by Gasteiger charge is 2.41. The van der Waals surface area contributed by atoms with Crippen LogP contribution in [0.5, 0.6) is 0 Å². The van der Waals surface area contributed by atoms with Crippen LogP contribution in [0.15, 0.2) is 0 Å². The van der Waals surface area contributed by atoms with Crippen molar-refractivity contribution < 1.29 is 4.79 Å². The highest BCUT2D eigenvalue weighted by Crippen LogP contribution is 2.36. The molecule has 18 heavy (non-hydrogen) atoms. The van der Waals surface area contributed by atoms with Gasteiger partial charge in [0.05, 0.1) is 12.2 Å². The van der Waals surface area contributed by atoms with Gasteiger partial charge >= 0.3 is 0 Å². The van der Waals surface area contributed by atoms with Gasteiger partial charge in [0.25, 0.3) is 0 Å². The predicted octanol–water partition coefficient (Wildman–Crippen LogP) is 2.76. The number of rotatable bonds is 6. The first-order valence-corrected chi connectivity index (χ1v) is 7.61. The van der Waals surface area contributed by atoms with E-state index in [9.17, 15) is 4.79 Å². The standard InChI is InChI=1S/C15H28N2O/c1-5-14-16-13(8-10(2)3)15(18)17(14)11(4)9-12-6-7-12/h10-14,16H,5-9H2,1-4H3. The van der Waals surface area contributed by atoms with Gasteiger partial charge in [-0.1, -0.05) is 33.6 Å². The number of amides is 1. The van der Waals surface area contributed by atoms with E-state index in [1.165, 1.54) is 19.3 Å². The highest BCUT2D eigenvalue weighted by molar-refractivity contribution is 5.84. The zero-order valence-corrected chi connectivity index (χ0v) is 12.3. The summed E-state index contributed by atoms with van der Waals surface area (Å²) in [5.74, 6) is 1.79. The Hall–Kier alpha value is -0.570. The topological polar surface area (TPSA) is 32.3 Å². The molecule has 0 aromatic carbocycles. The molecule has 3 unspecified atom stereocenters. The summed E-state index contributed by atoms with van der Waals surface area (Å²) < 4.78 is 0. The number of carbonyl (C=O) groups excluding carboxylic acids is 1. The molecule has 1 amide bonds. The monoisotopic (exact) mass is 252 g/mol. The Morgan fingerprint density at radius 2 is 1.94 bits per heavy atom. The van der Waals surface area contributed by atoms with Gasteiger partial charge in [0.1, 0.15) is 0 Å². The zero-order chi connectivity index (χ0) is 13.3. The van der Waals surface area contributed by atoms with Crippen molar-refractivity contribution in [3.63, 3.8) is 0 Å². The molecule has 2 rings (SSSR count). The van der Waals surface area contributed by atoms with E-state index in [-0.39, 0.29) is 12.2 Å². The molecule has 1 heterocycles. The number of carbonyl (C=O) groups is 1. The van der Waals surface area contributed by atoms with Crippen molar-refractivity contribution in [3.05, 3.63) is 0 Å². The zero-order valence-electron chi connectivity index (χ0n) is 12.3. The minimum atomic E-state index is 0.0524. The second kappa shape index (κ2) is 5.60. The molecule has 3 nitrogen and oxygen atoms in total. The van der Waals surface area contributed by atoms with Gasteiger partial charge < -0.3 is 4.90 Å². The van der Waals surface area contributed by atoms with Crippen LogP contribution in [0, 0.1) is 11.8 Å². The average Bonchev–Trinajstić information content (AvgIpc) is 3.04. The molecule has 2 fully saturated rings. The first-order valence-electron chi connectivity index (χ1n) is 7.61. The predicted molar refractivity (Wildman–Crippen MR) is 74.1 cm³/mol. The molecule has 0 spiro atoms. The van der Waals surface area contributed by atoms with Gasteiger partial charge in [-0.25, -0.2) is 0 Å². The Balaban J connectivity index is 1.99. The molecular formula is C15H28N2O. The van der Waals surface area contributed by atoms with Crippen LogP contribution in [0.3, 0.4) is 0 Å². The smallest absolute Gasteiger partial charge is 0.241 e. The number of hydrogen-bond donors (Lipinski definition) is 1. The van der Waals surface area contributed by atoms with Crippen LogP contribution < -0.4 is 5.32 Å². The molecule has 0 radical (unpaired) electrons. The van der Waals surface area contributed by atoms with Crippen LogP contribution in [0.2, 0.25) is 0 Å². The third-order valence-corrected chi connectivity index (χ3v) is 4.22. The molecular weight excluding hydrogens is 224 g/mol. The Morgan fingerprint density at radius 3 is 2.44 bits per heavy atom. The van der Waals surface area contributed by atoms with Crippen molar-refractivity contribution in [2.24, 2.45) is 11.8 Å². The van der Waals surface area contributed by atoms with E-state index >= 15 is 0 Å². The van der Waals surface area contributed by atoms with Crippen molar-refractivity contribution in [3.8, 4) is 0 Å². The molecule has 1 aliphatic heterocycles. The molecule has 104 valence electrons. The molecule has 1 aliphatic carbocycles. The third kappa shape index (κ3) is 3.05. The van der Waals surface area contributed by atoms with Gasteiger partial charge in [0.15, 0.2) is 0 Å². The molecule has 2 aliphatic rings. The molecule has 0 aromatic rings. The van der Waals surface area contributed by atoms with E-state index in [0.717, 1.165) is 18.8 Å². The summed E-state index contributed by atoms with van der Waals surface area (Å²) in [6, 6.07) is 0.455. The van der Waals surface area contributed by atoms with Crippen molar-refractivity contribution in [2.75, 3.05) is 0 Å². The molecule has 1 saturated carbocycles. The second-order valence-corrected chi connectivity index (χ2v) is 6.55. The summed E-state index contributed by atoms with van der Waals surface area (Å²) in [6.45, 7) is 8.76. The first kappa shape index (κ1) is 13.9.